The molecular formula is C18H19N3O. The fourth-order valence-corrected chi connectivity index (χ4v) is 2.44. The number of nitrogens with zero attached hydrogens (tertiary/aromatic N) is 1. The molecule has 0 saturated carbocycles. The molecule has 4 nitrogen and oxygen atoms in total. The minimum atomic E-state index is 0.0361. The highest BCUT2D eigenvalue weighted by molar-refractivity contribution is 5.90. The van der Waals surface area contributed by atoms with Crippen LogP contribution in [0.3, 0.4) is 0 Å². The van der Waals surface area contributed by atoms with E-state index in [4.69, 9.17) is 0 Å². The minimum Gasteiger partial charge on any atom is -0.345 e. The monoisotopic (exact) mass is 293 g/mol. The van der Waals surface area contributed by atoms with Crippen LogP contribution in [0.2, 0.25) is 0 Å². The van der Waals surface area contributed by atoms with Gasteiger partial charge in [0.25, 0.3) is 0 Å². The first-order valence-corrected chi connectivity index (χ1v) is 7.55. The zero-order valence-corrected chi connectivity index (χ0v) is 12.6. The summed E-state index contributed by atoms with van der Waals surface area (Å²) in [6.07, 6.45) is 3.87. The average molecular weight is 293 g/mol. The predicted molar refractivity (Wildman–Crippen MR) is 88.9 cm³/mol. The van der Waals surface area contributed by atoms with Gasteiger partial charge in [0, 0.05) is 12.1 Å². The van der Waals surface area contributed by atoms with Crippen molar-refractivity contribution in [1.29, 1.82) is 0 Å². The summed E-state index contributed by atoms with van der Waals surface area (Å²) in [5.41, 5.74) is 5.21. The number of aryl methyl sites for hydroxylation is 2. The Balaban J connectivity index is 1.56. The van der Waals surface area contributed by atoms with E-state index in [1.165, 1.54) is 5.56 Å². The Labute approximate surface area is 129 Å². The zero-order chi connectivity index (χ0) is 15.4. The Morgan fingerprint density at radius 1 is 1.14 bits per heavy atom. The third-order valence-electron chi connectivity index (χ3n) is 3.77. The number of aromatic nitrogens is 2. The van der Waals surface area contributed by atoms with Gasteiger partial charge in [0.05, 0.1) is 17.4 Å². The molecule has 0 spiro atoms. The van der Waals surface area contributed by atoms with Gasteiger partial charge in [-0.05, 0) is 48.2 Å². The van der Waals surface area contributed by atoms with E-state index < -0.39 is 0 Å². The first-order chi connectivity index (χ1) is 10.7. The van der Waals surface area contributed by atoms with E-state index in [9.17, 15) is 4.79 Å². The van der Waals surface area contributed by atoms with E-state index in [0.29, 0.717) is 12.8 Å². The molecule has 1 heterocycles. The highest BCUT2D eigenvalue weighted by atomic mass is 16.1. The van der Waals surface area contributed by atoms with Crippen molar-refractivity contribution in [1.82, 2.24) is 9.97 Å². The third kappa shape index (κ3) is 3.34. The summed E-state index contributed by atoms with van der Waals surface area (Å²) in [7, 11) is 0. The fourth-order valence-electron chi connectivity index (χ4n) is 2.44. The summed E-state index contributed by atoms with van der Waals surface area (Å²) >= 11 is 0. The van der Waals surface area contributed by atoms with Gasteiger partial charge in [-0.15, -0.1) is 0 Å². The molecule has 1 aromatic heterocycles. The summed E-state index contributed by atoms with van der Waals surface area (Å²) in [5, 5.41) is 2.94. The number of carbonyl (C=O) groups is 1. The lowest BCUT2D eigenvalue weighted by atomic mass is 10.1. The number of fused-ring (bicyclic) bond motifs is 1. The predicted octanol–water partition coefficient (Wildman–Crippen LogP) is 3.70. The van der Waals surface area contributed by atoms with Crippen molar-refractivity contribution in [3.63, 3.8) is 0 Å². The van der Waals surface area contributed by atoms with Crippen LogP contribution in [0.15, 0.2) is 48.8 Å². The molecule has 0 radical (unpaired) electrons. The Morgan fingerprint density at radius 3 is 2.68 bits per heavy atom. The summed E-state index contributed by atoms with van der Waals surface area (Å²) < 4.78 is 0. The van der Waals surface area contributed by atoms with Gasteiger partial charge in [-0.1, -0.05) is 25.1 Å². The third-order valence-corrected chi connectivity index (χ3v) is 3.77. The quantitative estimate of drug-likeness (QED) is 0.753. The summed E-state index contributed by atoms with van der Waals surface area (Å²) in [4.78, 5) is 19.3. The molecule has 2 N–H and O–H groups in total. The number of imidazole rings is 1. The van der Waals surface area contributed by atoms with E-state index in [-0.39, 0.29) is 5.91 Å². The topological polar surface area (TPSA) is 57.8 Å². The fraction of sp³-hybridized carbons (Fsp3) is 0.222. The van der Waals surface area contributed by atoms with Crippen molar-refractivity contribution in [2.75, 3.05) is 5.32 Å². The number of carbonyl (C=O) groups excluding carboxylic acids is 1. The molecule has 0 atom stereocenters. The molecule has 1 amide bonds. The SMILES string of the molecule is CCc1ccc(NC(=O)CCc2ccc3nc[nH]c3c2)cc1. The second-order valence-corrected chi connectivity index (χ2v) is 5.35. The average Bonchev–Trinajstić information content (AvgIpc) is 3.01. The van der Waals surface area contributed by atoms with Crippen molar-refractivity contribution >= 4 is 22.6 Å². The standard InChI is InChI=1S/C18H19N3O/c1-2-13-3-7-15(8-4-13)21-18(22)10-6-14-5-9-16-17(11-14)20-12-19-16/h3-5,7-9,11-12H,2,6,10H2,1H3,(H,19,20)(H,21,22). The van der Waals surface area contributed by atoms with E-state index in [2.05, 4.69) is 22.2 Å². The van der Waals surface area contributed by atoms with Crippen LogP contribution in [0.5, 0.6) is 0 Å². The van der Waals surface area contributed by atoms with E-state index in [0.717, 1.165) is 28.7 Å². The van der Waals surface area contributed by atoms with Crippen LogP contribution < -0.4 is 5.32 Å². The van der Waals surface area contributed by atoms with Gasteiger partial charge < -0.3 is 10.3 Å². The van der Waals surface area contributed by atoms with Crippen LogP contribution in [0.1, 0.15) is 24.5 Å². The lowest BCUT2D eigenvalue weighted by Crippen LogP contribution is -2.12. The zero-order valence-electron chi connectivity index (χ0n) is 12.6. The van der Waals surface area contributed by atoms with Crippen LogP contribution in [0.4, 0.5) is 5.69 Å². The number of hydrogen-bond donors (Lipinski definition) is 2. The molecule has 112 valence electrons. The molecule has 0 bridgehead atoms. The van der Waals surface area contributed by atoms with Crippen LogP contribution in [-0.2, 0) is 17.6 Å². The number of hydrogen-bond acceptors (Lipinski definition) is 2. The first kappa shape index (κ1) is 14.3. The molecule has 3 aromatic rings. The molecule has 0 aliphatic rings. The van der Waals surface area contributed by atoms with Crippen molar-refractivity contribution in [3.05, 3.63) is 59.9 Å². The van der Waals surface area contributed by atoms with Gasteiger partial charge in [0.1, 0.15) is 0 Å². The highest BCUT2D eigenvalue weighted by Gasteiger charge is 2.05. The molecule has 2 aromatic carbocycles. The number of H-pyrrole nitrogens is 1. The van der Waals surface area contributed by atoms with Crippen molar-refractivity contribution < 1.29 is 4.79 Å². The lowest BCUT2D eigenvalue weighted by molar-refractivity contribution is -0.116. The molecule has 0 unspecified atom stereocenters. The molecule has 22 heavy (non-hydrogen) atoms. The summed E-state index contributed by atoms with van der Waals surface area (Å²) in [6.45, 7) is 2.12. The molecule has 0 saturated heterocycles. The van der Waals surface area contributed by atoms with Crippen LogP contribution in [0.25, 0.3) is 11.0 Å². The molecule has 4 heteroatoms. The second kappa shape index (κ2) is 6.43. The van der Waals surface area contributed by atoms with Gasteiger partial charge in [-0.25, -0.2) is 4.98 Å². The molecule has 0 fully saturated rings. The molecule has 3 rings (SSSR count). The first-order valence-electron chi connectivity index (χ1n) is 7.55. The number of aromatic amines is 1. The summed E-state index contributed by atoms with van der Waals surface area (Å²) in [5.74, 6) is 0.0361. The van der Waals surface area contributed by atoms with Gasteiger partial charge in [-0.2, -0.15) is 0 Å². The van der Waals surface area contributed by atoms with Crippen molar-refractivity contribution in [2.45, 2.75) is 26.2 Å². The Kier molecular flexibility index (Phi) is 4.19. The normalized spacial score (nSPS) is 10.8. The van der Waals surface area contributed by atoms with Gasteiger partial charge >= 0.3 is 0 Å². The van der Waals surface area contributed by atoms with E-state index in [1.54, 1.807) is 6.33 Å². The Bertz CT molecular complexity index is 774. The largest absolute Gasteiger partial charge is 0.345 e. The number of benzene rings is 2. The Morgan fingerprint density at radius 2 is 1.91 bits per heavy atom. The van der Waals surface area contributed by atoms with Gasteiger partial charge in [0.2, 0.25) is 5.91 Å². The number of nitrogens with one attached hydrogen (secondary N) is 2. The number of rotatable bonds is 5. The minimum absolute atomic E-state index is 0.0361. The lowest BCUT2D eigenvalue weighted by Gasteiger charge is -2.06. The second-order valence-electron chi connectivity index (χ2n) is 5.35. The van der Waals surface area contributed by atoms with Crippen LogP contribution >= 0.6 is 0 Å². The van der Waals surface area contributed by atoms with Crippen molar-refractivity contribution in [3.8, 4) is 0 Å². The van der Waals surface area contributed by atoms with Gasteiger partial charge in [-0.3, -0.25) is 4.79 Å². The number of anilines is 1. The maximum absolute atomic E-state index is 12.0. The molecule has 0 aliphatic heterocycles. The maximum atomic E-state index is 12.0. The van der Waals surface area contributed by atoms with Crippen molar-refractivity contribution in [2.24, 2.45) is 0 Å². The van der Waals surface area contributed by atoms with Crippen LogP contribution in [-0.4, -0.2) is 15.9 Å². The van der Waals surface area contributed by atoms with E-state index in [1.807, 2.05) is 42.5 Å². The molecule has 0 aliphatic carbocycles. The maximum Gasteiger partial charge on any atom is 0.224 e. The van der Waals surface area contributed by atoms with E-state index >= 15 is 0 Å². The van der Waals surface area contributed by atoms with Gasteiger partial charge in [0.15, 0.2) is 0 Å². The molecular weight excluding hydrogens is 274 g/mol. The number of amides is 1. The summed E-state index contributed by atoms with van der Waals surface area (Å²) in [6, 6.07) is 14.0. The smallest absolute Gasteiger partial charge is 0.224 e. The highest BCUT2D eigenvalue weighted by Crippen LogP contribution is 2.14. The Hall–Kier alpha value is -2.62. The van der Waals surface area contributed by atoms with Crippen LogP contribution in [0, 0.1) is 0 Å².